The minimum Gasteiger partial charge on any atom is -0.480 e. The van der Waals surface area contributed by atoms with Crippen molar-refractivity contribution in [3.8, 4) is 0 Å². The zero-order valence-electron chi connectivity index (χ0n) is 10.0. The summed E-state index contributed by atoms with van der Waals surface area (Å²) in [6, 6.07) is 4.21. The Hall–Kier alpha value is -1.30. The molecule has 0 radical (unpaired) electrons. The highest BCUT2D eigenvalue weighted by Gasteiger charge is 2.17. The van der Waals surface area contributed by atoms with Gasteiger partial charge in [-0.2, -0.15) is 0 Å². The molecule has 0 spiro atoms. The highest BCUT2D eigenvalue weighted by atomic mass is 35.5. The molecule has 0 saturated heterocycles. The van der Waals surface area contributed by atoms with Crippen LogP contribution in [0.2, 0.25) is 10.0 Å². The normalized spacial score (nSPS) is 12.1. The second-order valence-electron chi connectivity index (χ2n) is 4.03. The van der Waals surface area contributed by atoms with E-state index in [0.717, 1.165) is 5.56 Å². The summed E-state index contributed by atoms with van der Waals surface area (Å²) in [6.07, 6.45) is 0.164. The lowest BCUT2D eigenvalue weighted by Crippen LogP contribution is -2.37. The molecule has 0 bridgehead atoms. The summed E-state index contributed by atoms with van der Waals surface area (Å²) in [4.78, 5) is 21.6. The number of carbonyl (C=O) groups is 2. The number of nitrogens with two attached hydrogens (primary N) is 1. The molecule has 0 unspecified atom stereocenters. The Morgan fingerprint density at radius 1 is 1.32 bits per heavy atom. The topological polar surface area (TPSA) is 92.4 Å². The Labute approximate surface area is 120 Å². The molecule has 1 rings (SSSR count). The first-order valence-electron chi connectivity index (χ1n) is 5.58. The van der Waals surface area contributed by atoms with Gasteiger partial charge in [0.05, 0.1) is 10.0 Å². The summed E-state index contributed by atoms with van der Waals surface area (Å²) >= 11 is 11.6. The number of benzene rings is 1. The quantitative estimate of drug-likeness (QED) is 0.716. The Morgan fingerprint density at radius 3 is 2.53 bits per heavy atom. The van der Waals surface area contributed by atoms with Gasteiger partial charge in [0.2, 0.25) is 5.91 Å². The molecule has 1 aromatic carbocycles. The lowest BCUT2D eigenvalue weighted by molar-refractivity contribution is -0.139. The Bertz CT molecular complexity index is 480. The van der Waals surface area contributed by atoms with Gasteiger partial charge in [-0.1, -0.05) is 29.3 Å². The van der Waals surface area contributed by atoms with Crippen LogP contribution in [0.5, 0.6) is 0 Å². The van der Waals surface area contributed by atoms with Gasteiger partial charge in [-0.3, -0.25) is 9.59 Å². The van der Waals surface area contributed by atoms with Crippen LogP contribution >= 0.6 is 23.2 Å². The number of aliphatic carboxylic acids is 1. The molecule has 0 fully saturated rings. The Balaban J connectivity index is 2.57. The molecule has 4 N–H and O–H groups in total. The molecular weight excluding hydrogens is 291 g/mol. The zero-order valence-corrected chi connectivity index (χ0v) is 11.5. The van der Waals surface area contributed by atoms with Crippen molar-refractivity contribution >= 4 is 35.1 Å². The van der Waals surface area contributed by atoms with Gasteiger partial charge in [-0.25, -0.2) is 0 Å². The highest BCUT2D eigenvalue weighted by molar-refractivity contribution is 6.42. The third kappa shape index (κ3) is 5.46. The van der Waals surface area contributed by atoms with Crippen LogP contribution in [0.4, 0.5) is 0 Å². The van der Waals surface area contributed by atoms with E-state index in [0.29, 0.717) is 16.6 Å². The standard InChI is InChI=1S/C12H14Cl2N2O3/c13-8-2-1-7(5-9(8)14)6-16-10(12(18)19)3-4-11(15)17/h1-2,5,10,16H,3-4,6H2,(H2,15,17)(H,18,19)/t10-/m0/s1. The van der Waals surface area contributed by atoms with Crippen molar-refractivity contribution in [1.29, 1.82) is 0 Å². The SMILES string of the molecule is NC(=O)CC[C@H](NCc1ccc(Cl)c(Cl)c1)C(=O)O. The second kappa shape index (κ2) is 7.33. The molecule has 0 heterocycles. The molecule has 0 saturated carbocycles. The van der Waals surface area contributed by atoms with E-state index in [1.807, 2.05) is 0 Å². The number of primary amides is 1. The number of carbonyl (C=O) groups excluding carboxylic acids is 1. The fraction of sp³-hybridized carbons (Fsp3) is 0.333. The van der Waals surface area contributed by atoms with Gasteiger partial charge in [-0.05, 0) is 24.1 Å². The fourth-order valence-electron chi connectivity index (χ4n) is 1.49. The second-order valence-corrected chi connectivity index (χ2v) is 4.84. The highest BCUT2D eigenvalue weighted by Crippen LogP contribution is 2.22. The molecule has 0 aliphatic heterocycles. The summed E-state index contributed by atoms with van der Waals surface area (Å²) in [6.45, 7) is 0.312. The first-order chi connectivity index (χ1) is 8.90. The number of hydrogen-bond acceptors (Lipinski definition) is 3. The van der Waals surface area contributed by atoms with E-state index in [1.165, 1.54) is 0 Å². The summed E-state index contributed by atoms with van der Waals surface area (Å²) < 4.78 is 0. The summed E-state index contributed by atoms with van der Waals surface area (Å²) in [7, 11) is 0. The van der Waals surface area contributed by atoms with Gasteiger partial charge < -0.3 is 16.2 Å². The first kappa shape index (κ1) is 15.8. The number of hydrogen-bond donors (Lipinski definition) is 3. The van der Waals surface area contributed by atoms with E-state index in [9.17, 15) is 9.59 Å². The minimum absolute atomic E-state index is 0.0192. The van der Waals surface area contributed by atoms with Crippen molar-refractivity contribution in [1.82, 2.24) is 5.32 Å². The van der Waals surface area contributed by atoms with Crippen LogP contribution in [0.3, 0.4) is 0 Å². The lowest BCUT2D eigenvalue weighted by atomic mass is 10.1. The number of halogens is 2. The molecule has 0 aromatic heterocycles. The van der Waals surface area contributed by atoms with E-state index < -0.39 is 17.9 Å². The predicted octanol–water partition coefficient (Wildman–Crippen LogP) is 1.80. The maximum absolute atomic E-state index is 11.0. The molecule has 5 nitrogen and oxygen atoms in total. The molecule has 19 heavy (non-hydrogen) atoms. The van der Waals surface area contributed by atoms with Crippen molar-refractivity contribution in [3.05, 3.63) is 33.8 Å². The van der Waals surface area contributed by atoms with Gasteiger partial charge in [0, 0.05) is 13.0 Å². The molecule has 104 valence electrons. The van der Waals surface area contributed by atoms with E-state index in [4.69, 9.17) is 34.0 Å². The largest absolute Gasteiger partial charge is 0.480 e. The molecule has 1 amide bonds. The van der Waals surface area contributed by atoms with Crippen LogP contribution in [0.1, 0.15) is 18.4 Å². The lowest BCUT2D eigenvalue weighted by Gasteiger charge is -2.13. The zero-order chi connectivity index (χ0) is 14.4. The average molecular weight is 305 g/mol. The van der Waals surface area contributed by atoms with Crippen molar-refractivity contribution in [2.24, 2.45) is 5.73 Å². The monoisotopic (exact) mass is 304 g/mol. The molecular formula is C12H14Cl2N2O3. The van der Waals surface area contributed by atoms with E-state index >= 15 is 0 Å². The minimum atomic E-state index is -1.03. The Morgan fingerprint density at radius 2 is 2.00 bits per heavy atom. The van der Waals surface area contributed by atoms with Crippen molar-refractivity contribution in [2.45, 2.75) is 25.4 Å². The van der Waals surface area contributed by atoms with E-state index in [2.05, 4.69) is 5.32 Å². The number of carboxylic acids is 1. The van der Waals surface area contributed by atoms with Gasteiger partial charge >= 0.3 is 5.97 Å². The van der Waals surface area contributed by atoms with Gasteiger partial charge in [0.15, 0.2) is 0 Å². The number of rotatable bonds is 7. The number of carboxylic acid groups (broad SMARTS) is 1. The summed E-state index contributed by atoms with van der Waals surface area (Å²) in [5.74, 6) is -1.55. The van der Waals surface area contributed by atoms with Crippen LogP contribution in [-0.4, -0.2) is 23.0 Å². The van der Waals surface area contributed by atoms with Gasteiger partial charge in [0.25, 0.3) is 0 Å². The summed E-state index contributed by atoms with van der Waals surface area (Å²) in [5, 5.41) is 12.7. The third-order valence-electron chi connectivity index (χ3n) is 2.51. The van der Waals surface area contributed by atoms with Crippen molar-refractivity contribution in [3.63, 3.8) is 0 Å². The maximum atomic E-state index is 11.0. The molecule has 7 heteroatoms. The molecule has 0 aliphatic carbocycles. The molecule has 1 aromatic rings. The van der Waals surface area contributed by atoms with Gasteiger partial charge in [0.1, 0.15) is 6.04 Å². The van der Waals surface area contributed by atoms with E-state index in [-0.39, 0.29) is 12.8 Å². The average Bonchev–Trinajstić information content (AvgIpc) is 2.32. The van der Waals surface area contributed by atoms with Crippen molar-refractivity contribution in [2.75, 3.05) is 0 Å². The maximum Gasteiger partial charge on any atom is 0.320 e. The van der Waals surface area contributed by atoms with Crippen LogP contribution in [0, 0.1) is 0 Å². The smallest absolute Gasteiger partial charge is 0.320 e. The van der Waals surface area contributed by atoms with Crippen LogP contribution in [0.25, 0.3) is 0 Å². The van der Waals surface area contributed by atoms with Gasteiger partial charge in [-0.15, -0.1) is 0 Å². The predicted molar refractivity (Wildman–Crippen MR) is 73.2 cm³/mol. The summed E-state index contributed by atoms with van der Waals surface area (Å²) in [5.41, 5.74) is 5.80. The van der Waals surface area contributed by atoms with Crippen LogP contribution in [-0.2, 0) is 16.1 Å². The Kier molecular flexibility index (Phi) is 6.08. The molecule has 1 atom stereocenters. The fourth-order valence-corrected chi connectivity index (χ4v) is 1.81. The van der Waals surface area contributed by atoms with Crippen LogP contribution < -0.4 is 11.1 Å². The molecule has 0 aliphatic rings. The number of amides is 1. The van der Waals surface area contributed by atoms with Crippen LogP contribution in [0.15, 0.2) is 18.2 Å². The number of nitrogens with one attached hydrogen (secondary N) is 1. The first-order valence-corrected chi connectivity index (χ1v) is 6.34. The third-order valence-corrected chi connectivity index (χ3v) is 3.25. The van der Waals surface area contributed by atoms with E-state index in [1.54, 1.807) is 18.2 Å². The van der Waals surface area contributed by atoms with Crippen molar-refractivity contribution < 1.29 is 14.7 Å².